The summed E-state index contributed by atoms with van der Waals surface area (Å²) >= 11 is 4.86. The molecule has 28 heavy (non-hydrogen) atoms. The smallest absolute Gasteiger partial charge is 0.258 e. The molecule has 6 nitrogen and oxygen atoms in total. The van der Waals surface area contributed by atoms with E-state index in [1.54, 1.807) is 0 Å². The Hall–Kier alpha value is -1.74. The van der Waals surface area contributed by atoms with E-state index in [1.165, 1.54) is 16.2 Å². The zero-order chi connectivity index (χ0) is 20.3. The molecule has 0 radical (unpaired) electrons. The third-order valence-corrected chi connectivity index (χ3v) is 6.36. The number of amides is 2. The van der Waals surface area contributed by atoms with Gasteiger partial charge in [0.25, 0.3) is 5.91 Å². The molecule has 1 aromatic carbocycles. The number of nitrogens with one attached hydrogen (secondary N) is 3. The van der Waals surface area contributed by atoms with Crippen LogP contribution in [0.4, 0.5) is 10.7 Å². The van der Waals surface area contributed by atoms with Crippen LogP contribution in [0.1, 0.15) is 41.1 Å². The van der Waals surface area contributed by atoms with Gasteiger partial charge in [0.2, 0.25) is 5.91 Å². The Morgan fingerprint density at radius 1 is 1.18 bits per heavy atom. The van der Waals surface area contributed by atoms with Crippen molar-refractivity contribution in [3.05, 3.63) is 44.7 Å². The third kappa shape index (κ3) is 5.00. The van der Waals surface area contributed by atoms with Crippen molar-refractivity contribution < 1.29 is 14.7 Å². The minimum Gasteiger partial charge on any atom is -0.394 e. The molecule has 2 amide bonds. The molecule has 4 N–H and O–H groups in total. The Morgan fingerprint density at radius 2 is 1.89 bits per heavy atom. The predicted octanol–water partition coefficient (Wildman–Crippen LogP) is 3.55. The molecular formula is C20H24BrN3O3S. The fraction of sp³-hybridized carbons (Fsp3) is 0.400. The van der Waals surface area contributed by atoms with E-state index in [9.17, 15) is 14.7 Å². The number of fused-ring (bicyclic) bond motifs is 1. The second-order valence-corrected chi connectivity index (χ2v) is 9.49. The molecule has 1 aromatic heterocycles. The van der Waals surface area contributed by atoms with Gasteiger partial charge in [0.1, 0.15) is 5.00 Å². The maximum absolute atomic E-state index is 13.0. The Kier molecular flexibility index (Phi) is 6.54. The van der Waals surface area contributed by atoms with Crippen molar-refractivity contribution in [1.82, 2.24) is 5.32 Å². The van der Waals surface area contributed by atoms with Crippen LogP contribution in [0, 0.1) is 0 Å². The lowest BCUT2D eigenvalue weighted by Crippen LogP contribution is -2.46. The molecule has 0 unspecified atom stereocenters. The summed E-state index contributed by atoms with van der Waals surface area (Å²) in [7, 11) is 0. The van der Waals surface area contributed by atoms with E-state index in [2.05, 4.69) is 31.9 Å². The van der Waals surface area contributed by atoms with Crippen LogP contribution in [0.25, 0.3) is 0 Å². The zero-order valence-corrected chi connectivity index (χ0v) is 18.3. The highest BCUT2D eigenvalue weighted by atomic mass is 79.9. The van der Waals surface area contributed by atoms with Crippen molar-refractivity contribution in [2.75, 3.05) is 23.8 Å². The highest BCUT2D eigenvalue weighted by molar-refractivity contribution is 9.10. The van der Waals surface area contributed by atoms with E-state index in [-0.39, 0.29) is 25.0 Å². The summed E-state index contributed by atoms with van der Waals surface area (Å²) in [4.78, 5) is 26.5. The molecule has 1 heterocycles. The molecule has 0 fully saturated rings. The molecule has 0 bridgehead atoms. The number of thiophene rings is 1. The number of hydrogen-bond donors (Lipinski definition) is 4. The Balaban J connectivity index is 1.76. The van der Waals surface area contributed by atoms with Gasteiger partial charge < -0.3 is 21.1 Å². The zero-order valence-electron chi connectivity index (χ0n) is 15.9. The standard InChI is InChI=1S/C20H24BrN3O3S/c1-20(2,11-25)22-10-16(26)24-19-17(14-4-3-5-15(14)28-19)18(27)23-13-8-6-12(21)7-9-13/h6-9,22,25H,3-5,10-11H2,1-2H3,(H,23,27)(H,24,26). The van der Waals surface area contributed by atoms with Gasteiger partial charge in [-0.25, -0.2) is 0 Å². The van der Waals surface area contributed by atoms with Gasteiger partial charge in [-0.1, -0.05) is 15.9 Å². The van der Waals surface area contributed by atoms with Crippen LogP contribution < -0.4 is 16.0 Å². The van der Waals surface area contributed by atoms with Gasteiger partial charge in [-0.05, 0) is 62.9 Å². The highest BCUT2D eigenvalue weighted by Crippen LogP contribution is 2.39. The first kappa shape index (κ1) is 21.0. The normalized spacial score (nSPS) is 13.3. The minimum atomic E-state index is -0.545. The van der Waals surface area contributed by atoms with E-state index < -0.39 is 5.54 Å². The number of aliphatic hydroxyl groups excluding tert-OH is 1. The summed E-state index contributed by atoms with van der Waals surface area (Å²) in [5.74, 6) is -0.445. The van der Waals surface area contributed by atoms with Crippen LogP contribution in [-0.4, -0.2) is 35.6 Å². The quantitative estimate of drug-likeness (QED) is 0.503. The van der Waals surface area contributed by atoms with Crippen molar-refractivity contribution in [3.8, 4) is 0 Å². The number of aryl methyl sites for hydroxylation is 1. The van der Waals surface area contributed by atoms with Crippen LogP contribution in [-0.2, 0) is 17.6 Å². The monoisotopic (exact) mass is 465 g/mol. The number of rotatable bonds is 7. The van der Waals surface area contributed by atoms with Gasteiger partial charge in [0.05, 0.1) is 18.7 Å². The van der Waals surface area contributed by atoms with Crippen molar-refractivity contribution in [3.63, 3.8) is 0 Å². The van der Waals surface area contributed by atoms with Gasteiger partial charge in [-0.15, -0.1) is 11.3 Å². The van der Waals surface area contributed by atoms with Gasteiger partial charge in [-0.2, -0.15) is 0 Å². The van der Waals surface area contributed by atoms with E-state index in [4.69, 9.17) is 0 Å². The van der Waals surface area contributed by atoms with E-state index in [0.717, 1.165) is 29.3 Å². The number of hydrogen-bond acceptors (Lipinski definition) is 5. The van der Waals surface area contributed by atoms with Crippen LogP contribution in [0.3, 0.4) is 0 Å². The molecule has 1 aliphatic carbocycles. The fourth-order valence-electron chi connectivity index (χ4n) is 3.01. The number of carbonyl (C=O) groups excluding carboxylic acids is 2. The van der Waals surface area contributed by atoms with Crippen molar-refractivity contribution in [2.24, 2.45) is 0 Å². The molecule has 0 saturated heterocycles. The van der Waals surface area contributed by atoms with Gasteiger partial charge in [0, 0.05) is 20.6 Å². The topological polar surface area (TPSA) is 90.5 Å². The van der Waals surface area contributed by atoms with Crippen LogP contribution in [0.2, 0.25) is 0 Å². The number of anilines is 2. The summed E-state index contributed by atoms with van der Waals surface area (Å²) in [5, 5.41) is 18.7. The maximum atomic E-state index is 13.0. The molecule has 2 aromatic rings. The van der Waals surface area contributed by atoms with E-state index in [0.29, 0.717) is 16.3 Å². The Labute approximate surface area is 176 Å². The summed E-state index contributed by atoms with van der Waals surface area (Å²) < 4.78 is 0.938. The molecule has 0 spiro atoms. The minimum absolute atomic E-state index is 0.0594. The predicted molar refractivity (Wildman–Crippen MR) is 116 cm³/mol. The van der Waals surface area contributed by atoms with Gasteiger partial charge >= 0.3 is 0 Å². The van der Waals surface area contributed by atoms with Crippen molar-refractivity contribution in [1.29, 1.82) is 0 Å². The first-order valence-electron chi connectivity index (χ1n) is 9.16. The number of carbonyl (C=O) groups is 2. The lowest BCUT2D eigenvalue weighted by atomic mass is 10.1. The van der Waals surface area contributed by atoms with Crippen molar-refractivity contribution in [2.45, 2.75) is 38.6 Å². The molecular weight excluding hydrogens is 442 g/mol. The molecule has 150 valence electrons. The Bertz CT molecular complexity index is 878. The summed E-state index contributed by atoms with van der Waals surface area (Å²) in [5.41, 5.74) is 1.76. The third-order valence-electron chi connectivity index (χ3n) is 4.63. The van der Waals surface area contributed by atoms with Gasteiger partial charge in [-0.3, -0.25) is 9.59 Å². The second kappa shape index (κ2) is 8.73. The van der Waals surface area contributed by atoms with E-state index in [1.807, 2.05) is 38.1 Å². The fourth-order valence-corrected chi connectivity index (χ4v) is 4.57. The molecule has 3 rings (SSSR count). The lowest BCUT2D eigenvalue weighted by molar-refractivity contribution is -0.115. The molecule has 0 atom stereocenters. The van der Waals surface area contributed by atoms with Gasteiger partial charge in [0.15, 0.2) is 0 Å². The largest absolute Gasteiger partial charge is 0.394 e. The van der Waals surface area contributed by atoms with Crippen LogP contribution in [0.5, 0.6) is 0 Å². The molecule has 0 aliphatic heterocycles. The van der Waals surface area contributed by atoms with E-state index >= 15 is 0 Å². The molecule has 0 saturated carbocycles. The first-order valence-corrected chi connectivity index (χ1v) is 10.8. The lowest BCUT2D eigenvalue weighted by Gasteiger charge is -2.23. The van der Waals surface area contributed by atoms with Crippen LogP contribution >= 0.6 is 27.3 Å². The number of benzene rings is 1. The Morgan fingerprint density at radius 3 is 2.57 bits per heavy atom. The molecule has 1 aliphatic rings. The maximum Gasteiger partial charge on any atom is 0.258 e. The number of halogens is 1. The average Bonchev–Trinajstić information content (AvgIpc) is 3.22. The van der Waals surface area contributed by atoms with Crippen LogP contribution in [0.15, 0.2) is 28.7 Å². The SMILES string of the molecule is CC(C)(CO)NCC(=O)Nc1sc2c(c1C(=O)Nc1ccc(Br)cc1)CCC2. The summed E-state index contributed by atoms with van der Waals surface area (Å²) in [6, 6.07) is 7.39. The molecule has 8 heteroatoms. The number of aliphatic hydroxyl groups is 1. The second-order valence-electron chi connectivity index (χ2n) is 7.47. The summed E-state index contributed by atoms with van der Waals surface area (Å²) in [6.45, 7) is 3.62. The highest BCUT2D eigenvalue weighted by Gasteiger charge is 2.28. The average molecular weight is 466 g/mol. The summed E-state index contributed by atoms with van der Waals surface area (Å²) in [6.07, 6.45) is 2.81. The van der Waals surface area contributed by atoms with Crippen molar-refractivity contribution >= 4 is 49.8 Å². The first-order chi connectivity index (χ1) is 13.3.